The number of anilines is 1. The maximum absolute atomic E-state index is 11.8. The first-order chi connectivity index (χ1) is 16.0. The van der Waals surface area contributed by atoms with Gasteiger partial charge < -0.3 is 25.1 Å². The number of imidazole rings is 1. The quantitative estimate of drug-likeness (QED) is 0.279. The van der Waals surface area contributed by atoms with Crippen molar-refractivity contribution < 1.29 is 33.9 Å². The average Bonchev–Trinajstić information content (AvgIpc) is 3.02. The number of hydrogen-bond donors (Lipinski definition) is 3. The molecule has 10 heteroatoms. The zero-order valence-electron chi connectivity index (χ0n) is 19.5. The minimum atomic E-state index is -2.07. The fourth-order valence-corrected chi connectivity index (χ4v) is 3.22. The van der Waals surface area contributed by atoms with E-state index in [1.807, 2.05) is 51.1 Å². The van der Waals surface area contributed by atoms with E-state index < -0.39 is 23.6 Å². The minimum Gasteiger partial charge on any atom is -0.539 e. The van der Waals surface area contributed by atoms with Gasteiger partial charge in [0.15, 0.2) is 5.97 Å². The molecule has 1 aromatic heterocycles. The van der Waals surface area contributed by atoms with Gasteiger partial charge in [-0.15, -0.1) is 0 Å². The van der Waals surface area contributed by atoms with Crippen molar-refractivity contribution in [3.8, 4) is 0 Å². The molecule has 2 aromatic carbocycles. The Balaban J connectivity index is 0.000000604. The lowest BCUT2D eigenvalue weighted by Crippen LogP contribution is -2.37. The maximum atomic E-state index is 11.8. The summed E-state index contributed by atoms with van der Waals surface area (Å²) >= 11 is 0. The van der Waals surface area contributed by atoms with Crippen molar-refractivity contribution in [1.29, 1.82) is 0 Å². The van der Waals surface area contributed by atoms with Crippen molar-refractivity contribution in [2.24, 2.45) is 0 Å². The molecule has 182 valence electrons. The summed E-state index contributed by atoms with van der Waals surface area (Å²) in [4.78, 5) is 29.8. The Morgan fingerprint density at radius 3 is 2.26 bits per heavy atom. The van der Waals surface area contributed by atoms with Crippen LogP contribution in [0.3, 0.4) is 0 Å². The summed E-state index contributed by atoms with van der Waals surface area (Å²) in [5.74, 6) is -3.30. The van der Waals surface area contributed by atoms with Gasteiger partial charge in [-0.3, -0.25) is 5.73 Å². The van der Waals surface area contributed by atoms with Crippen LogP contribution in [0.2, 0.25) is 0 Å². The number of benzene rings is 2. The van der Waals surface area contributed by atoms with E-state index in [9.17, 15) is 4.79 Å². The molecule has 0 aliphatic heterocycles. The van der Waals surface area contributed by atoms with Crippen LogP contribution in [0.4, 0.5) is 10.7 Å². The monoisotopic (exact) mass is 470 g/mol. The predicted molar refractivity (Wildman–Crippen MR) is 124 cm³/mol. The highest BCUT2D eigenvalue weighted by molar-refractivity contribution is 6.26. The molecule has 3 aromatic rings. The predicted octanol–water partition coefficient (Wildman–Crippen LogP) is 1.30. The molecule has 0 unspecified atom stereocenters. The Morgan fingerprint density at radius 1 is 1.09 bits per heavy atom. The molecule has 0 saturated carbocycles. The molecular formula is C24H30N4O6. The van der Waals surface area contributed by atoms with Crippen molar-refractivity contribution in [2.45, 2.75) is 45.9 Å². The Morgan fingerprint density at radius 2 is 1.68 bits per heavy atom. The van der Waals surface area contributed by atoms with E-state index in [1.165, 1.54) is 5.56 Å². The summed E-state index contributed by atoms with van der Waals surface area (Å²) in [6, 6.07) is 18.5. The number of ether oxygens (including phenoxy) is 1. The Kier molecular flexibility index (Phi) is 9.00. The van der Waals surface area contributed by atoms with Crippen LogP contribution in [-0.2, 0) is 27.4 Å². The Labute approximate surface area is 197 Å². The zero-order valence-corrected chi connectivity index (χ0v) is 19.5. The summed E-state index contributed by atoms with van der Waals surface area (Å²) in [5, 5.41) is 19.1. The van der Waals surface area contributed by atoms with Crippen LogP contribution in [0.15, 0.2) is 54.6 Å². The third-order valence-corrected chi connectivity index (χ3v) is 4.60. The van der Waals surface area contributed by atoms with Crippen molar-refractivity contribution in [3.63, 3.8) is 0 Å². The number of amides is 1. The standard InChI is InChI=1S/C22H28N4O2.C2H2O4/c1-22(2,3)28-21(27)24-14-9-15-25-18-12-7-8-13-19(18)26(20(25)23)16-17-10-5-4-6-11-17;3-1(4)2(5)6/h4-8,10-13,23H,9,14-16H2,1-3H3,(H,24,27);(H,3,4)(H,5,6). The third-order valence-electron chi connectivity index (χ3n) is 4.60. The van der Waals surface area contributed by atoms with E-state index in [0.29, 0.717) is 19.0 Å². The zero-order chi connectivity index (χ0) is 25.3. The number of carboxylic acids is 2. The van der Waals surface area contributed by atoms with Gasteiger partial charge in [-0.1, -0.05) is 42.5 Å². The highest BCUT2D eigenvalue weighted by Crippen LogP contribution is 2.17. The number of aliphatic carboxylic acids is 2. The number of aryl methyl sites for hydroxylation is 1. The topological polar surface area (TPSA) is 151 Å². The van der Waals surface area contributed by atoms with Crippen LogP contribution in [-0.4, -0.2) is 39.9 Å². The van der Waals surface area contributed by atoms with E-state index in [4.69, 9.17) is 30.3 Å². The number of carbonyl (C=O) groups excluding carboxylic acids is 2. The van der Waals surface area contributed by atoms with Gasteiger partial charge >= 0.3 is 18.0 Å². The summed E-state index contributed by atoms with van der Waals surface area (Å²) in [6.07, 6.45) is 0.366. The van der Waals surface area contributed by atoms with Gasteiger partial charge in [0.25, 0.3) is 0 Å². The number of nitrogen functional groups attached to an aromatic ring is 1. The van der Waals surface area contributed by atoms with Gasteiger partial charge in [-0.2, -0.15) is 0 Å². The first-order valence-corrected chi connectivity index (χ1v) is 10.7. The van der Waals surface area contributed by atoms with Crippen molar-refractivity contribution in [2.75, 3.05) is 12.3 Å². The number of nitrogens with zero attached hydrogens (tertiary/aromatic N) is 2. The lowest BCUT2D eigenvalue weighted by molar-refractivity contribution is -0.648. The molecule has 34 heavy (non-hydrogen) atoms. The van der Waals surface area contributed by atoms with Gasteiger partial charge in [-0.05, 0) is 44.9 Å². The van der Waals surface area contributed by atoms with E-state index in [1.54, 1.807) is 0 Å². The van der Waals surface area contributed by atoms with E-state index >= 15 is 0 Å². The highest BCUT2D eigenvalue weighted by Gasteiger charge is 2.21. The molecule has 1 amide bonds. The van der Waals surface area contributed by atoms with Crippen LogP contribution in [0.5, 0.6) is 0 Å². The number of nitrogens with one attached hydrogen (secondary N) is 1. The van der Waals surface area contributed by atoms with Crippen LogP contribution in [0, 0.1) is 0 Å². The van der Waals surface area contributed by atoms with Crippen molar-refractivity contribution in [3.05, 3.63) is 60.2 Å². The number of carbonyl (C=O) groups is 3. The summed E-state index contributed by atoms with van der Waals surface area (Å²) < 4.78 is 9.51. The number of hydrogen-bond acceptors (Lipinski definition) is 6. The molecule has 0 aliphatic carbocycles. The summed E-state index contributed by atoms with van der Waals surface area (Å²) in [7, 11) is 0. The number of fused-ring (bicyclic) bond motifs is 1. The van der Waals surface area contributed by atoms with Crippen molar-refractivity contribution >= 4 is 35.0 Å². The van der Waals surface area contributed by atoms with Gasteiger partial charge in [0.2, 0.25) is 0 Å². The number of alkyl carbamates (subject to hydrolysis) is 1. The Hall–Kier alpha value is -4.08. The number of nitrogens with two attached hydrogens (primary N) is 1. The molecule has 0 aliphatic rings. The second-order valence-corrected chi connectivity index (χ2v) is 8.45. The van der Waals surface area contributed by atoms with Gasteiger partial charge in [-0.25, -0.2) is 18.7 Å². The van der Waals surface area contributed by atoms with Crippen LogP contribution >= 0.6 is 0 Å². The van der Waals surface area contributed by atoms with Crippen LogP contribution in [0.25, 0.3) is 11.0 Å². The van der Waals surface area contributed by atoms with Gasteiger partial charge in [0, 0.05) is 6.54 Å². The molecule has 0 radical (unpaired) electrons. The average molecular weight is 471 g/mol. The number of rotatable bonds is 6. The number of carboxylic acid groups (broad SMARTS) is 2. The molecule has 1 heterocycles. The third kappa shape index (κ3) is 7.80. The van der Waals surface area contributed by atoms with Gasteiger partial charge in [0.05, 0.1) is 13.1 Å². The summed E-state index contributed by atoms with van der Waals surface area (Å²) in [6.45, 7) is 7.51. The molecule has 3 rings (SSSR count). The second kappa shape index (κ2) is 11.7. The van der Waals surface area contributed by atoms with E-state index in [2.05, 4.69) is 38.7 Å². The number of aromatic nitrogens is 2. The smallest absolute Gasteiger partial charge is 0.407 e. The summed E-state index contributed by atoms with van der Waals surface area (Å²) in [5.41, 5.74) is 9.41. The Bertz CT molecular complexity index is 1120. The molecule has 0 spiro atoms. The highest BCUT2D eigenvalue weighted by atomic mass is 16.6. The molecule has 0 saturated heterocycles. The molecule has 4 N–H and O–H groups in total. The van der Waals surface area contributed by atoms with Crippen molar-refractivity contribution in [1.82, 2.24) is 9.88 Å². The largest absolute Gasteiger partial charge is 0.539 e. The SMILES string of the molecule is CC(C)(C)OC(=O)NCCCn1c(N)[n+](Cc2ccccc2)c2ccccc21.O=C([O-])C(=O)O. The molecule has 0 bridgehead atoms. The first-order valence-electron chi connectivity index (χ1n) is 10.7. The van der Waals surface area contributed by atoms with E-state index in [-0.39, 0.29) is 0 Å². The van der Waals surface area contributed by atoms with Gasteiger partial charge in [0.1, 0.15) is 16.6 Å². The van der Waals surface area contributed by atoms with Crippen LogP contribution < -0.4 is 20.7 Å². The second-order valence-electron chi connectivity index (χ2n) is 8.45. The minimum absolute atomic E-state index is 0.392. The fourth-order valence-electron chi connectivity index (χ4n) is 3.22. The van der Waals surface area contributed by atoms with E-state index in [0.717, 1.165) is 24.0 Å². The van der Waals surface area contributed by atoms with Crippen LogP contribution in [0.1, 0.15) is 32.8 Å². The first kappa shape index (κ1) is 26.2. The lowest BCUT2D eigenvalue weighted by atomic mass is 10.2. The normalized spacial score (nSPS) is 10.8. The lowest BCUT2D eigenvalue weighted by Gasteiger charge is -2.19. The maximum Gasteiger partial charge on any atom is 0.407 e. The molecular weight excluding hydrogens is 440 g/mol. The molecule has 0 fully saturated rings. The number of para-hydroxylation sites is 2. The molecule has 0 atom stereocenters. The molecule has 10 nitrogen and oxygen atoms in total. The fraction of sp³-hybridized carbons (Fsp3) is 0.333.